The molecule has 0 radical (unpaired) electrons. The van der Waals surface area contributed by atoms with Gasteiger partial charge in [-0.3, -0.25) is 14.9 Å². The van der Waals surface area contributed by atoms with E-state index in [4.69, 9.17) is 22.4 Å². The van der Waals surface area contributed by atoms with Crippen LogP contribution in [-0.4, -0.2) is 26.6 Å². The number of nitrogens with two attached hydrogens (primary N) is 1. The van der Waals surface area contributed by atoms with Crippen molar-refractivity contribution < 1.29 is 14.8 Å². The van der Waals surface area contributed by atoms with Crippen molar-refractivity contribution in [1.82, 2.24) is 4.57 Å². The number of carboxylic acids is 1. The highest BCUT2D eigenvalue weighted by atomic mass is 35.5. The van der Waals surface area contributed by atoms with E-state index in [0.29, 0.717) is 16.5 Å². The Bertz CT molecular complexity index is 710. The van der Waals surface area contributed by atoms with E-state index in [9.17, 15) is 14.9 Å². The number of benzene rings is 1. The lowest BCUT2D eigenvalue weighted by molar-refractivity contribution is -0.382. The average molecular weight is 298 g/mol. The van der Waals surface area contributed by atoms with Gasteiger partial charge in [0.1, 0.15) is 11.1 Å². The van der Waals surface area contributed by atoms with Crippen LogP contribution in [0.3, 0.4) is 0 Å². The van der Waals surface area contributed by atoms with E-state index < -0.39 is 16.9 Å². The van der Waals surface area contributed by atoms with Crippen LogP contribution in [0.15, 0.2) is 18.3 Å². The van der Waals surface area contributed by atoms with Gasteiger partial charge in [0.15, 0.2) is 0 Å². The van der Waals surface area contributed by atoms with E-state index in [0.717, 1.165) is 0 Å². The third kappa shape index (κ3) is 2.33. The van der Waals surface area contributed by atoms with Crippen LogP contribution in [-0.2, 0) is 18.3 Å². The number of carboxylic acid groups (broad SMARTS) is 1. The molecule has 0 bridgehead atoms. The number of aliphatic carboxylic acids is 1. The molecular formula is C12H12ClN3O4. The molecule has 8 heteroatoms. The molecule has 1 heterocycles. The molecule has 1 unspecified atom stereocenters. The summed E-state index contributed by atoms with van der Waals surface area (Å²) >= 11 is 5.88. The lowest BCUT2D eigenvalue weighted by Gasteiger charge is -2.05. The number of nitro benzene ring substituents is 1. The molecule has 106 valence electrons. The Kier molecular flexibility index (Phi) is 3.65. The van der Waals surface area contributed by atoms with Gasteiger partial charge in [-0.2, -0.15) is 0 Å². The van der Waals surface area contributed by atoms with Crippen LogP contribution in [0.2, 0.25) is 5.02 Å². The molecular weight excluding hydrogens is 286 g/mol. The largest absolute Gasteiger partial charge is 0.480 e. The third-order valence-electron chi connectivity index (χ3n) is 3.10. The van der Waals surface area contributed by atoms with Crippen molar-refractivity contribution in [1.29, 1.82) is 0 Å². The second-order valence-electron chi connectivity index (χ2n) is 4.46. The Morgan fingerprint density at radius 3 is 2.80 bits per heavy atom. The number of nitro groups is 1. The van der Waals surface area contributed by atoms with Gasteiger partial charge in [-0.05, 0) is 17.7 Å². The van der Waals surface area contributed by atoms with Gasteiger partial charge in [0.05, 0.1) is 15.8 Å². The summed E-state index contributed by atoms with van der Waals surface area (Å²) < 4.78 is 1.68. The van der Waals surface area contributed by atoms with Gasteiger partial charge in [-0.25, -0.2) is 0 Å². The first-order valence-corrected chi connectivity index (χ1v) is 6.10. The summed E-state index contributed by atoms with van der Waals surface area (Å²) in [4.78, 5) is 21.5. The summed E-state index contributed by atoms with van der Waals surface area (Å²) in [5.41, 5.74) is 6.37. The summed E-state index contributed by atoms with van der Waals surface area (Å²) in [5.74, 6) is -1.16. The number of fused-ring (bicyclic) bond motifs is 1. The highest BCUT2D eigenvalue weighted by molar-refractivity contribution is 6.34. The van der Waals surface area contributed by atoms with Crippen molar-refractivity contribution in [3.63, 3.8) is 0 Å². The van der Waals surface area contributed by atoms with E-state index in [1.54, 1.807) is 23.9 Å². The quantitative estimate of drug-likeness (QED) is 0.659. The van der Waals surface area contributed by atoms with E-state index in [2.05, 4.69) is 0 Å². The lowest BCUT2D eigenvalue weighted by atomic mass is 10.0. The standard InChI is InChI=1S/C12H12ClN3O4/c1-15-5-6(4-8(14)12(17)18)10-9(15)3-2-7(13)11(10)16(19)20/h2-3,5,8H,4,14H2,1H3,(H,17,18). The molecule has 0 amide bonds. The van der Waals surface area contributed by atoms with Crippen molar-refractivity contribution in [2.24, 2.45) is 12.8 Å². The van der Waals surface area contributed by atoms with Crippen molar-refractivity contribution in [3.05, 3.63) is 39.0 Å². The van der Waals surface area contributed by atoms with Crippen molar-refractivity contribution >= 4 is 34.2 Å². The maximum absolute atomic E-state index is 11.2. The molecule has 0 fully saturated rings. The molecule has 0 aliphatic carbocycles. The molecule has 0 aliphatic rings. The van der Waals surface area contributed by atoms with Gasteiger partial charge < -0.3 is 15.4 Å². The lowest BCUT2D eigenvalue weighted by Crippen LogP contribution is -2.32. The number of halogens is 1. The normalized spacial score (nSPS) is 12.6. The van der Waals surface area contributed by atoms with Gasteiger partial charge in [-0.1, -0.05) is 11.6 Å². The zero-order valence-corrected chi connectivity index (χ0v) is 11.3. The number of carbonyl (C=O) groups is 1. The predicted molar refractivity (Wildman–Crippen MR) is 73.9 cm³/mol. The van der Waals surface area contributed by atoms with E-state index in [1.165, 1.54) is 6.07 Å². The van der Waals surface area contributed by atoms with Crippen LogP contribution >= 0.6 is 11.6 Å². The molecule has 1 aromatic heterocycles. The summed E-state index contributed by atoms with van der Waals surface area (Å²) in [6.07, 6.45) is 1.63. The van der Waals surface area contributed by atoms with Gasteiger partial charge in [0.2, 0.25) is 0 Å². The minimum Gasteiger partial charge on any atom is -0.480 e. The van der Waals surface area contributed by atoms with Gasteiger partial charge >= 0.3 is 5.97 Å². The molecule has 0 aliphatic heterocycles. The minimum absolute atomic E-state index is 0.00610. The molecule has 7 nitrogen and oxygen atoms in total. The molecule has 0 saturated carbocycles. The fourth-order valence-corrected chi connectivity index (χ4v) is 2.42. The number of hydrogen-bond acceptors (Lipinski definition) is 4. The summed E-state index contributed by atoms with van der Waals surface area (Å²) in [7, 11) is 1.72. The predicted octanol–water partition coefficient (Wildman–Crippen LogP) is 1.69. The van der Waals surface area contributed by atoms with Crippen LogP contribution in [0, 0.1) is 10.1 Å². The molecule has 1 atom stereocenters. The third-order valence-corrected chi connectivity index (χ3v) is 3.40. The Balaban J connectivity index is 2.69. The first-order valence-electron chi connectivity index (χ1n) is 5.72. The van der Waals surface area contributed by atoms with Gasteiger partial charge in [-0.15, -0.1) is 0 Å². The zero-order valence-electron chi connectivity index (χ0n) is 10.5. The maximum atomic E-state index is 11.2. The topological polar surface area (TPSA) is 111 Å². The van der Waals surface area contributed by atoms with Crippen molar-refractivity contribution in [3.8, 4) is 0 Å². The van der Waals surface area contributed by atoms with E-state index in [1.807, 2.05) is 0 Å². The van der Waals surface area contributed by atoms with Crippen LogP contribution in [0.1, 0.15) is 5.56 Å². The Hall–Kier alpha value is -2.12. The molecule has 0 spiro atoms. The number of rotatable bonds is 4. The second kappa shape index (κ2) is 5.10. The number of aromatic nitrogens is 1. The molecule has 1 aromatic carbocycles. The van der Waals surface area contributed by atoms with Crippen LogP contribution in [0.4, 0.5) is 5.69 Å². The summed E-state index contributed by atoms with van der Waals surface area (Å²) in [6.45, 7) is 0. The highest BCUT2D eigenvalue weighted by Gasteiger charge is 2.24. The van der Waals surface area contributed by atoms with Gasteiger partial charge in [0.25, 0.3) is 5.69 Å². The monoisotopic (exact) mass is 297 g/mol. The number of nitrogens with zero attached hydrogens (tertiary/aromatic N) is 2. The Morgan fingerprint density at radius 1 is 1.60 bits per heavy atom. The second-order valence-corrected chi connectivity index (χ2v) is 4.87. The average Bonchev–Trinajstić information content (AvgIpc) is 2.65. The molecule has 2 rings (SSSR count). The first kappa shape index (κ1) is 14.3. The zero-order chi connectivity index (χ0) is 15.0. The fraction of sp³-hybridized carbons (Fsp3) is 0.250. The minimum atomic E-state index is -1.16. The van der Waals surface area contributed by atoms with E-state index >= 15 is 0 Å². The highest BCUT2D eigenvalue weighted by Crippen LogP contribution is 2.36. The fourth-order valence-electron chi connectivity index (χ4n) is 2.19. The molecule has 0 saturated heterocycles. The van der Waals surface area contributed by atoms with Crippen molar-refractivity contribution in [2.75, 3.05) is 0 Å². The van der Waals surface area contributed by atoms with Crippen LogP contribution in [0.5, 0.6) is 0 Å². The maximum Gasteiger partial charge on any atom is 0.320 e. The van der Waals surface area contributed by atoms with Crippen LogP contribution in [0.25, 0.3) is 10.9 Å². The van der Waals surface area contributed by atoms with Crippen LogP contribution < -0.4 is 5.73 Å². The molecule has 2 aromatic rings. The van der Waals surface area contributed by atoms with E-state index in [-0.39, 0.29) is 17.1 Å². The number of aryl methyl sites for hydroxylation is 1. The molecule has 20 heavy (non-hydrogen) atoms. The summed E-state index contributed by atoms with van der Waals surface area (Å²) in [6, 6.07) is 1.97. The van der Waals surface area contributed by atoms with Crippen molar-refractivity contribution in [2.45, 2.75) is 12.5 Å². The number of hydrogen-bond donors (Lipinski definition) is 2. The molecule has 3 N–H and O–H groups in total. The smallest absolute Gasteiger partial charge is 0.320 e. The Morgan fingerprint density at radius 2 is 2.25 bits per heavy atom. The SMILES string of the molecule is Cn1cc(CC(N)C(=O)O)c2c([N+](=O)[O-])c(Cl)ccc21. The Labute approximate surface area is 118 Å². The summed E-state index contributed by atoms with van der Waals surface area (Å²) in [5, 5.41) is 20.4. The van der Waals surface area contributed by atoms with Gasteiger partial charge in [0, 0.05) is 19.7 Å². The first-order chi connectivity index (χ1) is 9.32.